The Kier molecular flexibility index (Phi) is 2.23. The summed E-state index contributed by atoms with van der Waals surface area (Å²) in [6.07, 6.45) is 2.03. The van der Waals surface area contributed by atoms with Crippen LogP contribution in [0.2, 0.25) is 5.15 Å². The fourth-order valence-corrected chi connectivity index (χ4v) is 2.36. The lowest BCUT2D eigenvalue weighted by Crippen LogP contribution is -2.18. The summed E-state index contributed by atoms with van der Waals surface area (Å²) in [5, 5.41) is 9.24. The van der Waals surface area contributed by atoms with E-state index in [9.17, 15) is 4.79 Å². The van der Waals surface area contributed by atoms with E-state index < -0.39 is 5.97 Å². The fourth-order valence-electron chi connectivity index (χ4n) is 1.99. The Morgan fingerprint density at radius 3 is 3.07 bits per heavy atom. The van der Waals surface area contributed by atoms with Gasteiger partial charge in [-0.05, 0) is 18.8 Å². The first-order chi connectivity index (χ1) is 6.61. The van der Waals surface area contributed by atoms with Crippen molar-refractivity contribution in [2.75, 3.05) is 0 Å². The number of hydrogen-bond acceptors (Lipinski definition) is 2. The van der Waals surface area contributed by atoms with E-state index in [-0.39, 0.29) is 5.82 Å². The standard InChI is InChI=1S/C9H11ClN2O2/c1-5-3-2-4-12-6(5)7(10)11-8(12)9(13)14/h5H,2-4H2,1H3,(H,13,14). The SMILES string of the molecule is CC1CCCn2c(C(=O)O)nc(Cl)c21. The highest BCUT2D eigenvalue weighted by atomic mass is 35.5. The summed E-state index contributed by atoms with van der Waals surface area (Å²) in [6.45, 7) is 2.76. The van der Waals surface area contributed by atoms with Gasteiger partial charge in [0.1, 0.15) is 0 Å². The molecule has 14 heavy (non-hydrogen) atoms. The van der Waals surface area contributed by atoms with Crippen LogP contribution in [0.15, 0.2) is 0 Å². The van der Waals surface area contributed by atoms with Gasteiger partial charge < -0.3 is 9.67 Å². The molecule has 2 heterocycles. The number of nitrogens with zero attached hydrogens (tertiary/aromatic N) is 2. The van der Waals surface area contributed by atoms with E-state index in [1.165, 1.54) is 0 Å². The van der Waals surface area contributed by atoms with Gasteiger partial charge in [-0.25, -0.2) is 9.78 Å². The van der Waals surface area contributed by atoms with Crippen molar-refractivity contribution < 1.29 is 9.90 Å². The van der Waals surface area contributed by atoms with Gasteiger partial charge in [-0.3, -0.25) is 0 Å². The van der Waals surface area contributed by atoms with Crippen LogP contribution in [0, 0.1) is 0 Å². The van der Waals surface area contributed by atoms with Crippen molar-refractivity contribution in [1.82, 2.24) is 9.55 Å². The van der Waals surface area contributed by atoms with E-state index >= 15 is 0 Å². The van der Waals surface area contributed by atoms with Gasteiger partial charge in [0.25, 0.3) is 0 Å². The van der Waals surface area contributed by atoms with Crippen LogP contribution in [-0.2, 0) is 6.54 Å². The zero-order valence-electron chi connectivity index (χ0n) is 7.83. The molecule has 2 rings (SSSR count). The summed E-state index contributed by atoms with van der Waals surface area (Å²) in [5.41, 5.74) is 0.871. The lowest BCUT2D eigenvalue weighted by molar-refractivity contribution is 0.0676. The first-order valence-corrected chi connectivity index (χ1v) is 4.98. The Morgan fingerprint density at radius 2 is 2.43 bits per heavy atom. The maximum Gasteiger partial charge on any atom is 0.372 e. The largest absolute Gasteiger partial charge is 0.475 e. The van der Waals surface area contributed by atoms with Crippen LogP contribution in [0.5, 0.6) is 0 Å². The lowest BCUT2D eigenvalue weighted by Gasteiger charge is -2.21. The molecule has 1 aromatic rings. The van der Waals surface area contributed by atoms with E-state index in [2.05, 4.69) is 4.98 Å². The number of rotatable bonds is 1. The smallest absolute Gasteiger partial charge is 0.372 e. The number of carbonyl (C=O) groups is 1. The molecule has 1 aliphatic rings. The van der Waals surface area contributed by atoms with Crippen LogP contribution in [-0.4, -0.2) is 20.6 Å². The number of carboxylic acids is 1. The van der Waals surface area contributed by atoms with Crippen molar-refractivity contribution in [3.05, 3.63) is 16.7 Å². The van der Waals surface area contributed by atoms with Crippen molar-refractivity contribution in [2.45, 2.75) is 32.2 Å². The molecule has 1 unspecified atom stereocenters. The van der Waals surface area contributed by atoms with Crippen molar-refractivity contribution in [1.29, 1.82) is 0 Å². The first-order valence-electron chi connectivity index (χ1n) is 4.60. The van der Waals surface area contributed by atoms with Gasteiger partial charge >= 0.3 is 5.97 Å². The highest BCUT2D eigenvalue weighted by Crippen LogP contribution is 2.32. The molecule has 0 spiro atoms. The summed E-state index contributed by atoms with van der Waals surface area (Å²) in [5.74, 6) is -0.638. The molecule has 0 amide bonds. The van der Waals surface area contributed by atoms with Crippen LogP contribution in [0.3, 0.4) is 0 Å². The van der Waals surface area contributed by atoms with Crippen LogP contribution in [0.25, 0.3) is 0 Å². The Hall–Kier alpha value is -1.03. The average molecular weight is 215 g/mol. The Bertz CT molecular complexity index is 386. The predicted molar refractivity (Wildman–Crippen MR) is 51.8 cm³/mol. The molecule has 1 aromatic heterocycles. The monoisotopic (exact) mass is 214 g/mol. The van der Waals surface area contributed by atoms with Crippen molar-refractivity contribution >= 4 is 17.6 Å². The van der Waals surface area contributed by atoms with Gasteiger partial charge in [0.15, 0.2) is 5.15 Å². The van der Waals surface area contributed by atoms with E-state index in [0.29, 0.717) is 17.6 Å². The summed E-state index contributed by atoms with van der Waals surface area (Å²) >= 11 is 5.91. The third kappa shape index (κ3) is 1.30. The highest BCUT2D eigenvalue weighted by Gasteiger charge is 2.26. The summed E-state index contributed by atoms with van der Waals surface area (Å²) in [4.78, 5) is 14.7. The van der Waals surface area contributed by atoms with Gasteiger partial charge in [-0.2, -0.15) is 0 Å². The number of fused-ring (bicyclic) bond motifs is 1. The molecule has 0 aromatic carbocycles. The van der Waals surface area contributed by atoms with Gasteiger partial charge in [-0.15, -0.1) is 0 Å². The minimum Gasteiger partial charge on any atom is -0.475 e. The predicted octanol–water partition coefficient (Wildman–Crippen LogP) is 2.13. The van der Waals surface area contributed by atoms with E-state index in [1.807, 2.05) is 6.92 Å². The highest BCUT2D eigenvalue weighted by molar-refractivity contribution is 6.30. The topological polar surface area (TPSA) is 55.1 Å². The second kappa shape index (κ2) is 3.28. The number of carboxylic acid groups (broad SMARTS) is 1. The number of aromatic nitrogens is 2. The second-order valence-corrected chi connectivity index (χ2v) is 3.97. The lowest BCUT2D eigenvalue weighted by atomic mass is 9.99. The van der Waals surface area contributed by atoms with E-state index in [4.69, 9.17) is 16.7 Å². The van der Waals surface area contributed by atoms with Crippen LogP contribution in [0.1, 0.15) is 42.0 Å². The number of hydrogen-bond donors (Lipinski definition) is 1. The third-order valence-corrected chi connectivity index (χ3v) is 2.92. The van der Waals surface area contributed by atoms with Crippen LogP contribution < -0.4 is 0 Å². The molecule has 76 valence electrons. The van der Waals surface area contributed by atoms with E-state index in [1.54, 1.807) is 4.57 Å². The normalized spacial score (nSPS) is 20.6. The Balaban J connectivity index is 2.57. The molecule has 0 fully saturated rings. The molecule has 0 saturated carbocycles. The fraction of sp³-hybridized carbons (Fsp3) is 0.556. The quantitative estimate of drug-likeness (QED) is 0.779. The summed E-state index contributed by atoms with van der Waals surface area (Å²) < 4.78 is 1.72. The summed E-state index contributed by atoms with van der Waals surface area (Å²) in [6, 6.07) is 0. The minimum atomic E-state index is -1.01. The van der Waals surface area contributed by atoms with Gasteiger partial charge in [0.2, 0.25) is 5.82 Å². The molecule has 0 bridgehead atoms. The molecular weight excluding hydrogens is 204 g/mol. The number of imidazole rings is 1. The first kappa shape index (κ1) is 9.52. The second-order valence-electron chi connectivity index (χ2n) is 3.61. The molecule has 1 N–H and O–H groups in total. The minimum absolute atomic E-state index is 0.0663. The molecular formula is C9H11ClN2O2. The molecule has 0 saturated heterocycles. The Morgan fingerprint density at radius 1 is 1.71 bits per heavy atom. The molecule has 4 nitrogen and oxygen atoms in total. The molecule has 1 atom stereocenters. The zero-order valence-corrected chi connectivity index (χ0v) is 8.58. The zero-order chi connectivity index (χ0) is 10.3. The maximum atomic E-state index is 10.9. The third-order valence-electron chi connectivity index (χ3n) is 2.64. The Labute approximate surface area is 86.5 Å². The molecule has 1 aliphatic heterocycles. The number of aromatic carboxylic acids is 1. The van der Waals surface area contributed by atoms with Crippen molar-refractivity contribution in [3.63, 3.8) is 0 Å². The van der Waals surface area contributed by atoms with Gasteiger partial charge in [-0.1, -0.05) is 18.5 Å². The molecule has 5 heteroatoms. The number of halogens is 1. The average Bonchev–Trinajstić information content (AvgIpc) is 2.45. The van der Waals surface area contributed by atoms with Crippen LogP contribution in [0.4, 0.5) is 0 Å². The molecule has 0 aliphatic carbocycles. The van der Waals surface area contributed by atoms with E-state index in [0.717, 1.165) is 18.5 Å². The van der Waals surface area contributed by atoms with Crippen molar-refractivity contribution in [2.24, 2.45) is 0 Å². The van der Waals surface area contributed by atoms with Gasteiger partial charge in [0.05, 0.1) is 5.69 Å². The molecule has 0 radical (unpaired) electrons. The van der Waals surface area contributed by atoms with Crippen LogP contribution >= 0.6 is 11.6 Å². The summed E-state index contributed by atoms with van der Waals surface area (Å²) in [7, 11) is 0. The van der Waals surface area contributed by atoms with Crippen molar-refractivity contribution in [3.8, 4) is 0 Å². The maximum absolute atomic E-state index is 10.9. The van der Waals surface area contributed by atoms with Gasteiger partial charge in [0, 0.05) is 6.54 Å².